The highest BCUT2D eigenvalue weighted by molar-refractivity contribution is 5.91. The molecule has 1 aromatic rings. The van der Waals surface area contributed by atoms with Crippen LogP contribution in [-0.2, 0) is 4.79 Å². The summed E-state index contributed by atoms with van der Waals surface area (Å²) in [5, 5.41) is 9.65. The van der Waals surface area contributed by atoms with Gasteiger partial charge in [-0.05, 0) is 37.4 Å². The molecule has 2 N–H and O–H groups in total. The van der Waals surface area contributed by atoms with Gasteiger partial charge in [0.25, 0.3) is 12.4 Å². The summed E-state index contributed by atoms with van der Waals surface area (Å²) >= 11 is 0. The predicted molar refractivity (Wildman–Crippen MR) is 79.6 cm³/mol. The largest absolute Gasteiger partial charge is 0.483 e. The number of amides is 1. The number of rotatable bonds is 5. The van der Waals surface area contributed by atoms with E-state index >= 15 is 0 Å². The Hall–Kier alpha value is -2.03. The molecule has 1 aromatic heterocycles. The van der Waals surface area contributed by atoms with Gasteiger partial charge in [0.05, 0.1) is 12.7 Å². The highest BCUT2D eigenvalue weighted by Crippen LogP contribution is 2.22. The number of alkyl halides is 3. The molecule has 0 radical (unpaired) electrons. The fourth-order valence-electron chi connectivity index (χ4n) is 2.54. The number of carbonyl (C=O) groups is 2. The van der Waals surface area contributed by atoms with Crippen LogP contribution in [0.5, 0.6) is 0 Å². The topological polar surface area (TPSA) is 82.8 Å². The van der Waals surface area contributed by atoms with E-state index in [9.17, 15) is 18.0 Å². The van der Waals surface area contributed by atoms with Gasteiger partial charge in [-0.25, -0.2) is 0 Å². The van der Waals surface area contributed by atoms with Gasteiger partial charge in [-0.3, -0.25) is 9.59 Å². The standard InChI is InChI=1S/C14H19F3N2O2.CH2O2/c15-14(16,17)5-7-19-6-1-3-11(10-19)9-18-13(20)12-4-2-8-21-12;2-1-3/h2,4,8,11H,1,3,5-7,9-10H2,(H,18,20);1H,(H,2,3). The van der Waals surface area contributed by atoms with Gasteiger partial charge in [-0.15, -0.1) is 0 Å². The second kappa shape index (κ2) is 9.96. The van der Waals surface area contributed by atoms with E-state index < -0.39 is 12.6 Å². The number of carboxylic acid groups (broad SMARTS) is 1. The first kappa shape index (κ1) is 20.0. The Bertz CT molecular complexity index is 491. The first-order valence-electron chi connectivity index (χ1n) is 7.54. The van der Waals surface area contributed by atoms with Crippen molar-refractivity contribution in [1.82, 2.24) is 10.2 Å². The average Bonchev–Trinajstić information content (AvgIpc) is 3.06. The molecule has 136 valence electrons. The van der Waals surface area contributed by atoms with Crippen LogP contribution in [0.4, 0.5) is 13.2 Å². The number of likely N-dealkylation sites (tertiary alicyclic amines) is 1. The van der Waals surface area contributed by atoms with Gasteiger partial charge in [0.2, 0.25) is 0 Å². The van der Waals surface area contributed by atoms with Crippen molar-refractivity contribution in [3.05, 3.63) is 24.2 Å². The molecule has 1 aliphatic heterocycles. The van der Waals surface area contributed by atoms with Crippen LogP contribution in [0.2, 0.25) is 0 Å². The number of nitrogens with one attached hydrogen (secondary N) is 1. The number of piperidine rings is 1. The van der Waals surface area contributed by atoms with E-state index in [4.69, 9.17) is 14.3 Å². The Morgan fingerprint density at radius 1 is 1.50 bits per heavy atom. The minimum absolute atomic E-state index is 0.0339. The van der Waals surface area contributed by atoms with Gasteiger partial charge in [0, 0.05) is 19.6 Å². The van der Waals surface area contributed by atoms with Gasteiger partial charge in [-0.1, -0.05) is 0 Å². The lowest BCUT2D eigenvalue weighted by atomic mass is 9.98. The van der Waals surface area contributed by atoms with Crippen molar-refractivity contribution in [3.8, 4) is 0 Å². The smallest absolute Gasteiger partial charge is 0.390 e. The summed E-state index contributed by atoms with van der Waals surface area (Å²) < 4.78 is 41.7. The Morgan fingerprint density at radius 3 is 2.79 bits per heavy atom. The summed E-state index contributed by atoms with van der Waals surface area (Å²) in [6.45, 7) is 1.53. The maximum atomic E-state index is 12.2. The first-order chi connectivity index (χ1) is 11.4. The molecule has 0 saturated carbocycles. The molecular weight excluding hydrogens is 329 g/mol. The Labute approximate surface area is 137 Å². The van der Waals surface area contributed by atoms with Crippen LogP contribution in [0, 0.1) is 5.92 Å². The predicted octanol–water partition coefficient (Wildman–Crippen LogP) is 2.37. The zero-order valence-corrected chi connectivity index (χ0v) is 13.1. The molecule has 2 heterocycles. The maximum absolute atomic E-state index is 12.2. The summed E-state index contributed by atoms with van der Waals surface area (Å²) in [5.74, 6) is 0.151. The zero-order valence-electron chi connectivity index (χ0n) is 13.1. The van der Waals surface area contributed by atoms with E-state index in [0.717, 1.165) is 12.8 Å². The van der Waals surface area contributed by atoms with Gasteiger partial charge in [0.15, 0.2) is 5.76 Å². The minimum Gasteiger partial charge on any atom is -0.483 e. The molecule has 1 saturated heterocycles. The highest BCUT2D eigenvalue weighted by atomic mass is 19.4. The summed E-state index contributed by atoms with van der Waals surface area (Å²) in [4.78, 5) is 21.9. The lowest BCUT2D eigenvalue weighted by molar-refractivity contribution is -0.138. The number of halogens is 3. The van der Waals surface area contributed by atoms with Crippen LogP contribution >= 0.6 is 0 Å². The molecule has 1 aliphatic rings. The lowest BCUT2D eigenvalue weighted by Gasteiger charge is -2.32. The van der Waals surface area contributed by atoms with Crippen LogP contribution in [0.25, 0.3) is 0 Å². The van der Waals surface area contributed by atoms with E-state index in [1.54, 1.807) is 12.1 Å². The third-order valence-corrected chi connectivity index (χ3v) is 3.61. The molecule has 0 spiro atoms. The molecule has 9 heteroatoms. The molecule has 1 atom stereocenters. The Balaban J connectivity index is 0.000000891. The molecule has 2 rings (SSSR count). The molecule has 24 heavy (non-hydrogen) atoms. The number of furan rings is 1. The lowest BCUT2D eigenvalue weighted by Crippen LogP contribution is -2.42. The summed E-state index contributed by atoms with van der Waals surface area (Å²) in [6.07, 6.45) is -1.69. The molecule has 0 aromatic carbocycles. The normalized spacial score (nSPS) is 18.4. The van der Waals surface area contributed by atoms with Gasteiger partial charge >= 0.3 is 6.18 Å². The Kier molecular flexibility index (Phi) is 8.31. The third-order valence-electron chi connectivity index (χ3n) is 3.61. The maximum Gasteiger partial charge on any atom is 0.390 e. The molecule has 1 fully saturated rings. The van der Waals surface area contributed by atoms with E-state index in [2.05, 4.69) is 5.32 Å². The van der Waals surface area contributed by atoms with Crippen molar-refractivity contribution in [2.45, 2.75) is 25.4 Å². The van der Waals surface area contributed by atoms with Crippen molar-refractivity contribution in [3.63, 3.8) is 0 Å². The molecule has 1 amide bonds. The number of hydrogen-bond acceptors (Lipinski definition) is 4. The van der Waals surface area contributed by atoms with Crippen LogP contribution in [0.15, 0.2) is 22.8 Å². The van der Waals surface area contributed by atoms with Crippen molar-refractivity contribution in [2.75, 3.05) is 26.2 Å². The molecule has 6 nitrogen and oxygen atoms in total. The third kappa shape index (κ3) is 8.00. The van der Waals surface area contributed by atoms with Crippen molar-refractivity contribution < 1.29 is 32.3 Å². The average molecular weight is 350 g/mol. The second-order valence-corrected chi connectivity index (χ2v) is 5.47. The second-order valence-electron chi connectivity index (χ2n) is 5.47. The molecule has 0 bridgehead atoms. The van der Waals surface area contributed by atoms with Crippen LogP contribution in [0.1, 0.15) is 29.8 Å². The van der Waals surface area contributed by atoms with E-state index in [0.29, 0.717) is 19.6 Å². The molecule has 1 unspecified atom stereocenters. The molecular formula is C15H21F3N2O4. The van der Waals surface area contributed by atoms with Gasteiger partial charge in [-0.2, -0.15) is 13.2 Å². The first-order valence-corrected chi connectivity index (χ1v) is 7.54. The quantitative estimate of drug-likeness (QED) is 0.797. The minimum atomic E-state index is -4.11. The van der Waals surface area contributed by atoms with Crippen molar-refractivity contribution >= 4 is 12.4 Å². The fourth-order valence-corrected chi connectivity index (χ4v) is 2.54. The van der Waals surface area contributed by atoms with E-state index in [1.165, 1.54) is 6.26 Å². The SMILES string of the molecule is O=C(NCC1CCCN(CCC(F)(F)F)C1)c1ccco1.O=CO. The fraction of sp³-hybridized carbons (Fsp3) is 0.600. The van der Waals surface area contributed by atoms with Crippen LogP contribution < -0.4 is 5.32 Å². The van der Waals surface area contributed by atoms with Crippen molar-refractivity contribution in [1.29, 1.82) is 0 Å². The summed E-state index contributed by atoms with van der Waals surface area (Å²) in [7, 11) is 0. The van der Waals surface area contributed by atoms with Crippen LogP contribution in [0.3, 0.4) is 0 Å². The summed E-state index contributed by atoms with van der Waals surface area (Å²) in [5.41, 5.74) is 0. The number of hydrogen-bond donors (Lipinski definition) is 2. The van der Waals surface area contributed by atoms with E-state index in [1.807, 2.05) is 4.90 Å². The Morgan fingerprint density at radius 2 is 2.21 bits per heavy atom. The molecule has 0 aliphatic carbocycles. The van der Waals surface area contributed by atoms with Crippen LogP contribution in [-0.4, -0.2) is 54.7 Å². The number of carbonyl (C=O) groups excluding carboxylic acids is 1. The number of nitrogens with zero attached hydrogens (tertiary/aromatic N) is 1. The highest BCUT2D eigenvalue weighted by Gasteiger charge is 2.29. The van der Waals surface area contributed by atoms with Gasteiger partial charge < -0.3 is 19.7 Å². The monoisotopic (exact) mass is 350 g/mol. The van der Waals surface area contributed by atoms with Gasteiger partial charge in [0.1, 0.15) is 0 Å². The van der Waals surface area contributed by atoms with E-state index in [-0.39, 0.29) is 30.6 Å². The summed E-state index contributed by atoms with van der Waals surface area (Å²) in [6, 6.07) is 3.21. The van der Waals surface area contributed by atoms with Crippen molar-refractivity contribution in [2.24, 2.45) is 5.92 Å². The zero-order chi connectivity index (χ0) is 18.0.